The van der Waals surface area contributed by atoms with Crippen molar-refractivity contribution in [3.8, 4) is 17.4 Å². The van der Waals surface area contributed by atoms with E-state index >= 15 is 0 Å². The molecule has 4 rings (SSSR count). The molecule has 0 aliphatic carbocycles. The summed E-state index contributed by atoms with van der Waals surface area (Å²) in [5, 5.41) is 0.286. The number of carbonyl (C=O) groups is 1. The van der Waals surface area contributed by atoms with Gasteiger partial charge in [-0.3, -0.25) is 4.79 Å². The molecule has 0 N–H and O–H groups in total. The Balaban J connectivity index is 1.45. The zero-order valence-electron chi connectivity index (χ0n) is 17.7. The van der Waals surface area contributed by atoms with Gasteiger partial charge in [0.1, 0.15) is 17.9 Å². The first-order valence-electron chi connectivity index (χ1n) is 10.1. The van der Waals surface area contributed by atoms with Gasteiger partial charge >= 0.3 is 0 Å². The van der Waals surface area contributed by atoms with E-state index in [2.05, 4.69) is 9.97 Å². The minimum atomic E-state index is -0.573. The number of hydrogen-bond acceptors (Lipinski definition) is 6. The van der Waals surface area contributed by atoms with Crippen LogP contribution in [0, 0.1) is 5.82 Å². The third-order valence-electron chi connectivity index (χ3n) is 5.27. The highest BCUT2D eigenvalue weighted by Gasteiger charge is 2.29. The minimum Gasteiger partial charge on any atom is -0.497 e. The summed E-state index contributed by atoms with van der Waals surface area (Å²) in [5.74, 6) is 0.925. The van der Waals surface area contributed by atoms with Gasteiger partial charge in [0.05, 0.1) is 7.11 Å². The first-order valence-corrected chi connectivity index (χ1v) is 10.5. The second-order valence-corrected chi connectivity index (χ2v) is 7.85. The molecular formula is C23H22ClFN4O3. The Bertz CT molecular complexity index is 1130. The molecule has 1 unspecified atom stereocenters. The third kappa shape index (κ3) is 4.75. The Labute approximate surface area is 190 Å². The molecule has 1 aromatic heterocycles. The summed E-state index contributed by atoms with van der Waals surface area (Å²) in [4.78, 5) is 25.3. The van der Waals surface area contributed by atoms with E-state index in [9.17, 15) is 9.18 Å². The molecule has 1 aliphatic heterocycles. The van der Waals surface area contributed by atoms with Crippen molar-refractivity contribution >= 4 is 23.3 Å². The zero-order valence-corrected chi connectivity index (χ0v) is 18.4. The van der Waals surface area contributed by atoms with E-state index in [1.54, 1.807) is 37.4 Å². The van der Waals surface area contributed by atoms with Crippen molar-refractivity contribution in [3.63, 3.8) is 0 Å². The fraction of sp³-hybridized carbons (Fsp3) is 0.261. The molecule has 3 aromatic rings. The van der Waals surface area contributed by atoms with E-state index in [0.717, 1.165) is 0 Å². The van der Waals surface area contributed by atoms with Crippen molar-refractivity contribution in [2.24, 2.45) is 0 Å². The third-order valence-corrected chi connectivity index (χ3v) is 5.50. The van der Waals surface area contributed by atoms with Crippen molar-refractivity contribution in [3.05, 3.63) is 71.3 Å². The molecule has 1 amide bonds. The van der Waals surface area contributed by atoms with Crippen LogP contribution in [0.25, 0.3) is 0 Å². The fourth-order valence-electron chi connectivity index (χ4n) is 3.62. The molecule has 1 atom stereocenters. The highest BCUT2D eigenvalue weighted by molar-refractivity contribution is 6.30. The topological polar surface area (TPSA) is 67.8 Å². The van der Waals surface area contributed by atoms with E-state index in [4.69, 9.17) is 21.1 Å². The number of methoxy groups -OCH3 is 1. The second-order valence-electron chi connectivity index (χ2n) is 7.42. The Morgan fingerprint density at radius 3 is 2.75 bits per heavy atom. The van der Waals surface area contributed by atoms with Crippen molar-refractivity contribution < 1.29 is 18.7 Å². The Kier molecular flexibility index (Phi) is 6.41. The molecule has 0 spiro atoms. The quantitative estimate of drug-likeness (QED) is 0.566. The van der Waals surface area contributed by atoms with Crippen LogP contribution >= 0.6 is 11.6 Å². The summed E-state index contributed by atoms with van der Waals surface area (Å²) in [6, 6.07) is 12.9. The summed E-state index contributed by atoms with van der Waals surface area (Å²) in [7, 11) is 1.58. The first kappa shape index (κ1) is 21.8. The van der Waals surface area contributed by atoms with Crippen LogP contribution in [-0.4, -0.2) is 53.6 Å². The van der Waals surface area contributed by atoms with Gasteiger partial charge in [0.2, 0.25) is 5.88 Å². The highest BCUT2D eigenvalue weighted by atomic mass is 35.5. The van der Waals surface area contributed by atoms with Gasteiger partial charge in [-0.15, -0.1) is 0 Å². The predicted octanol–water partition coefficient (Wildman–Crippen LogP) is 4.42. The standard InChI is InChI=1S/C23H22ClFN4O3/c1-15-13-28(8-9-29(15)23(30)16-4-3-5-18(10-16)31-2)21-12-22(27-14-26-21)32-20-7-6-17(24)11-19(20)25/h3-7,10-12,14-15H,8-9,13H2,1-2H3. The van der Waals surface area contributed by atoms with Gasteiger partial charge in [-0.25, -0.2) is 14.4 Å². The van der Waals surface area contributed by atoms with Crippen LogP contribution in [0.3, 0.4) is 0 Å². The van der Waals surface area contributed by atoms with Gasteiger partial charge in [-0.1, -0.05) is 17.7 Å². The lowest BCUT2D eigenvalue weighted by Crippen LogP contribution is -2.54. The predicted molar refractivity (Wildman–Crippen MR) is 119 cm³/mol. The van der Waals surface area contributed by atoms with E-state index in [-0.39, 0.29) is 28.6 Å². The van der Waals surface area contributed by atoms with Gasteiger partial charge < -0.3 is 19.3 Å². The molecule has 166 valence electrons. The maximum atomic E-state index is 14.0. The number of nitrogens with zero attached hydrogens (tertiary/aromatic N) is 4. The average Bonchev–Trinajstić information content (AvgIpc) is 2.80. The summed E-state index contributed by atoms with van der Waals surface area (Å²) in [6.07, 6.45) is 1.37. The Hall–Kier alpha value is -3.39. The molecule has 7 nitrogen and oxygen atoms in total. The number of hydrogen-bond donors (Lipinski definition) is 0. The van der Waals surface area contributed by atoms with Crippen LogP contribution in [0.4, 0.5) is 10.2 Å². The van der Waals surface area contributed by atoms with Crippen LogP contribution < -0.4 is 14.4 Å². The first-order chi connectivity index (χ1) is 15.4. The average molecular weight is 457 g/mol. The number of rotatable bonds is 5. The Morgan fingerprint density at radius 2 is 2.00 bits per heavy atom. The number of anilines is 1. The van der Waals surface area contributed by atoms with Crippen LogP contribution in [0.15, 0.2) is 54.9 Å². The number of ether oxygens (including phenoxy) is 2. The SMILES string of the molecule is COc1cccc(C(=O)N2CCN(c3cc(Oc4ccc(Cl)cc4F)ncn3)CC2C)c1. The molecule has 32 heavy (non-hydrogen) atoms. The number of piperazine rings is 1. The zero-order chi connectivity index (χ0) is 22.7. The molecule has 1 aliphatic rings. The number of aromatic nitrogens is 2. The van der Waals surface area contributed by atoms with Crippen molar-refractivity contribution in [2.75, 3.05) is 31.6 Å². The highest BCUT2D eigenvalue weighted by Crippen LogP contribution is 2.28. The van der Waals surface area contributed by atoms with E-state index in [1.807, 2.05) is 22.8 Å². The fourth-order valence-corrected chi connectivity index (χ4v) is 3.78. The Morgan fingerprint density at radius 1 is 1.16 bits per heavy atom. The lowest BCUT2D eigenvalue weighted by molar-refractivity contribution is 0.0673. The van der Waals surface area contributed by atoms with Gasteiger partial charge in [0, 0.05) is 42.3 Å². The molecule has 0 saturated carbocycles. The van der Waals surface area contributed by atoms with Crippen LogP contribution in [0.2, 0.25) is 5.02 Å². The smallest absolute Gasteiger partial charge is 0.254 e. The molecule has 1 saturated heterocycles. The summed E-state index contributed by atoms with van der Waals surface area (Å²) >= 11 is 5.79. The van der Waals surface area contributed by atoms with Crippen LogP contribution in [-0.2, 0) is 0 Å². The maximum Gasteiger partial charge on any atom is 0.254 e. The van der Waals surface area contributed by atoms with E-state index in [0.29, 0.717) is 36.8 Å². The molecule has 2 heterocycles. The van der Waals surface area contributed by atoms with Crippen LogP contribution in [0.1, 0.15) is 17.3 Å². The van der Waals surface area contributed by atoms with Crippen LogP contribution in [0.5, 0.6) is 17.4 Å². The molecular weight excluding hydrogens is 435 g/mol. The second kappa shape index (κ2) is 9.40. The van der Waals surface area contributed by atoms with Gasteiger partial charge in [0.15, 0.2) is 11.6 Å². The number of benzene rings is 2. The van der Waals surface area contributed by atoms with E-state index in [1.165, 1.54) is 18.5 Å². The molecule has 0 bridgehead atoms. The van der Waals surface area contributed by atoms with Gasteiger partial charge in [0.25, 0.3) is 5.91 Å². The molecule has 9 heteroatoms. The number of halogens is 2. The summed E-state index contributed by atoms with van der Waals surface area (Å²) < 4.78 is 24.8. The van der Waals surface area contributed by atoms with Crippen molar-refractivity contribution in [1.29, 1.82) is 0 Å². The minimum absolute atomic E-state index is 0.0288. The van der Waals surface area contributed by atoms with Crippen molar-refractivity contribution in [2.45, 2.75) is 13.0 Å². The van der Waals surface area contributed by atoms with Crippen molar-refractivity contribution in [1.82, 2.24) is 14.9 Å². The normalized spacial score (nSPS) is 16.1. The summed E-state index contributed by atoms with van der Waals surface area (Å²) in [6.45, 7) is 3.70. The lowest BCUT2D eigenvalue weighted by atomic mass is 10.1. The number of carbonyl (C=O) groups excluding carboxylic acids is 1. The summed E-state index contributed by atoms with van der Waals surface area (Å²) in [5.41, 5.74) is 0.590. The van der Waals surface area contributed by atoms with E-state index < -0.39 is 5.82 Å². The molecule has 0 radical (unpaired) electrons. The molecule has 2 aromatic carbocycles. The van der Waals surface area contributed by atoms with Gasteiger partial charge in [-0.2, -0.15) is 0 Å². The largest absolute Gasteiger partial charge is 0.497 e. The monoisotopic (exact) mass is 456 g/mol. The molecule has 1 fully saturated rings. The van der Waals surface area contributed by atoms with Gasteiger partial charge in [-0.05, 0) is 43.3 Å². The maximum absolute atomic E-state index is 14.0. The number of amides is 1. The lowest BCUT2D eigenvalue weighted by Gasteiger charge is -2.40.